The topological polar surface area (TPSA) is 99.5 Å². The summed E-state index contributed by atoms with van der Waals surface area (Å²) in [7, 11) is 0. The summed E-state index contributed by atoms with van der Waals surface area (Å²) in [5, 5.41) is 11.9. The maximum absolute atomic E-state index is 12.3. The maximum atomic E-state index is 12.3. The van der Waals surface area contributed by atoms with Crippen molar-refractivity contribution in [2.24, 2.45) is 0 Å². The number of nitriles is 1. The van der Waals surface area contributed by atoms with Crippen LogP contribution in [0.2, 0.25) is 0 Å². The normalized spacial score (nSPS) is 17.6. The van der Waals surface area contributed by atoms with Gasteiger partial charge in [-0.15, -0.1) is 0 Å². The van der Waals surface area contributed by atoms with Crippen molar-refractivity contribution < 1.29 is 19.1 Å². The Morgan fingerprint density at radius 3 is 2.54 bits per heavy atom. The minimum Gasteiger partial charge on any atom is -0.454 e. The molecule has 0 atom stereocenters. The molecule has 1 aromatic rings. The molecule has 3 rings (SSSR count). The fourth-order valence-electron chi connectivity index (χ4n) is 3.37. The summed E-state index contributed by atoms with van der Waals surface area (Å²) in [4.78, 5) is 37.6. The Morgan fingerprint density at radius 1 is 1.27 bits per heavy atom. The predicted octanol–water partition coefficient (Wildman–Crippen LogP) is 1.61. The molecule has 2 aliphatic rings. The Bertz CT molecular complexity index is 783. The van der Waals surface area contributed by atoms with Crippen molar-refractivity contribution in [3.63, 3.8) is 0 Å². The Kier molecular flexibility index (Phi) is 4.76. The van der Waals surface area contributed by atoms with Gasteiger partial charge in [0.2, 0.25) is 0 Å². The lowest BCUT2D eigenvalue weighted by Crippen LogP contribution is -2.47. The number of carbonyl (C=O) groups excluding carboxylic acids is 3. The van der Waals surface area contributed by atoms with Crippen molar-refractivity contribution in [2.75, 3.05) is 13.2 Å². The number of esters is 1. The van der Waals surface area contributed by atoms with E-state index in [9.17, 15) is 19.6 Å². The van der Waals surface area contributed by atoms with Crippen LogP contribution in [0.25, 0.3) is 5.70 Å². The molecule has 134 valence electrons. The molecule has 2 amide bonds. The van der Waals surface area contributed by atoms with E-state index in [4.69, 9.17) is 4.74 Å². The summed E-state index contributed by atoms with van der Waals surface area (Å²) in [6.45, 7) is 3.05. The molecule has 26 heavy (non-hydrogen) atoms. The van der Waals surface area contributed by atoms with Crippen LogP contribution in [-0.4, -0.2) is 41.4 Å². The van der Waals surface area contributed by atoms with Gasteiger partial charge in [0.05, 0.1) is 6.07 Å². The zero-order valence-electron chi connectivity index (χ0n) is 14.3. The Hall–Kier alpha value is -3.14. The summed E-state index contributed by atoms with van der Waals surface area (Å²) in [5.41, 5.74) is 0.742. The molecule has 0 spiro atoms. The highest BCUT2D eigenvalue weighted by Crippen LogP contribution is 2.31. The molecule has 1 heterocycles. The van der Waals surface area contributed by atoms with E-state index in [0.717, 1.165) is 12.8 Å². The van der Waals surface area contributed by atoms with E-state index >= 15 is 0 Å². The lowest BCUT2D eigenvalue weighted by molar-refractivity contribution is -0.148. The lowest BCUT2D eigenvalue weighted by Gasteiger charge is -2.22. The van der Waals surface area contributed by atoms with Crippen molar-refractivity contribution in [1.82, 2.24) is 10.2 Å². The molecule has 7 nitrogen and oxygen atoms in total. The Morgan fingerprint density at radius 2 is 1.92 bits per heavy atom. The quantitative estimate of drug-likeness (QED) is 0.811. The average molecular weight is 353 g/mol. The van der Waals surface area contributed by atoms with Gasteiger partial charge < -0.3 is 10.1 Å². The third-order valence-electron chi connectivity index (χ3n) is 4.74. The number of amides is 2. The van der Waals surface area contributed by atoms with Crippen LogP contribution in [-0.2, 0) is 14.3 Å². The van der Waals surface area contributed by atoms with E-state index < -0.39 is 24.0 Å². The second-order valence-corrected chi connectivity index (χ2v) is 6.49. The van der Waals surface area contributed by atoms with Gasteiger partial charge in [0, 0.05) is 16.8 Å². The van der Waals surface area contributed by atoms with Crippen LogP contribution in [0.4, 0.5) is 0 Å². The van der Waals surface area contributed by atoms with Crippen LogP contribution in [0.3, 0.4) is 0 Å². The Balaban J connectivity index is 1.52. The van der Waals surface area contributed by atoms with E-state index in [2.05, 4.69) is 18.0 Å². The molecule has 0 aromatic heterocycles. The fraction of sp³-hybridized carbons (Fsp3) is 0.368. The monoisotopic (exact) mass is 353 g/mol. The van der Waals surface area contributed by atoms with Crippen molar-refractivity contribution in [3.05, 3.63) is 42.0 Å². The smallest absolute Gasteiger partial charge is 0.326 e. The predicted molar refractivity (Wildman–Crippen MR) is 92.4 cm³/mol. The molecule has 0 bridgehead atoms. The van der Waals surface area contributed by atoms with Gasteiger partial charge in [-0.3, -0.25) is 19.3 Å². The van der Waals surface area contributed by atoms with Gasteiger partial charge in [-0.05, 0) is 31.7 Å². The van der Waals surface area contributed by atoms with E-state index in [0.29, 0.717) is 29.7 Å². The molecule has 0 radical (unpaired) electrons. The number of rotatable bonds is 5. The molecule has 1 fully saturated rings. The first-order valence-electron chi connectivity index (χ1n) is 8.44. The zero-order valence-corrected chi connectivity index (χ0v) is 14.3. The van der Waals surface area contributed by atoms with Gasteiger partial charge in [0.1, 0.15) is 12.1 Å². The molecule has 0 saturated heterocycles. The van der Waals surface area contributed by atoms with Crippen LogP contribution in [0, 0.1) is 11.3 Å². The maximum Gasteiger partial charge on any atom is 0.326 e. The van der Waals surface area contributed by atoms with Crippen molar-refractivity contribution in [3.8, 4) is 6.07 Å². The van der Waals surface area contributed by atoms with Crippen LogP contribution < -0.4 is 5.32 Å². The largest absolute Gasteiger partial charge is 0.454 e. The number of hydrogen-bond donors (Lipinski definition) is 1. The molecule has 1 aromatic carbocycles. The average Bonchev–Trinajstić information content (AvgIpc) is 3.20. The molecule has 1 N–H and O–H groups in total. The van der Waals surface area contributed by atoms with Crippen LogP contribution in [0.15, 0.2) is 30.8 Å². The zero-order chi connectivity index (χ0) is 18.7. The van der Waals surface area contributed by atoms with Crippen LogP contribution in [0.1, 0.15) is 41.6 Å². The third-order valence-corrected chi connectivity index (χ3v) is 4.74. The molecule has 7 heteroatoms. The van der Waals surface area contributed by atoms with Crippen LogP contribution in [0.5, 0.6) is 0 Å². The first-order chi connectivity index (χ1) is 12.5. The van der Waals surface area contributed by atoms with Gasteiger partial charge in [-0.25, -0.2) is 0 Å². The first kappa shape index (κ1) is 17.7. The third kappa shape index (κ3) is 3.31. The van der Waals surface area contributed by atoms with E-state index in [1.807, 2.05) is 0 Å². The highest BCUT2D eigenvalue weighted by molar-refractivity contribution is 6.10. The SMILES string of the molecule is C=C1c2ccccc2C(=O)N1CC(=O)OCC(=O)NC1(C#N)CCCC1. The minimum atomic E-state index is -0.857. The van der Waals surface area contributed by atoms with Gasteiger partial charge in [0.25, 0.3) is 11.8 Å². The summed E-state index contributed by atoms with van der Waals surface area (Å²) in [5.74, 6) is -1.54. The van der Waals surface area contributed by atoms with Gasteiger partial charge in [-0.2, -0.15) is 5.26 Å². The van der Waals surface area contributed by atoms with Crippen molar-refractivity contribution in [2.45, 2.75) is 31.2 Å². The van der Waals surface area contributed by atoms with Crippen LogP contribution >= 0.6 is 0 Å². The number of benzene rings is 1. The number of fused-ring (bicyclic) bond motifs is 1. The summed E-state index contributed by atoms with van der Waals surface area (Å²) in [6, 6.07) is 9.10. The van der Waals surface area contributed by atoms with Gasteiger partial charge >= 0.3 is 5.97 Å². The molecular weight excluding hydrogens is 334 g/mol. The fourth-order valence-corrected chi connectivity index (χ4v) is 3.37. The number of ether oxygens (including phenoxy) is 1. The van der Waals surface area contributed by atoms with Crippen molar-refractivity contribution >= 4 is 23.5 Å². The van der Waals surface area contributed by atoms with Gasteiger partial charge in [0.15, 0.2) is 6.61 Å². The molecule has 1 aliphatic carbocycles. The lowest BCUT2D eigenvalue weighted by atomic mass is 10.00. The summed E-state index contributed by atoms with van der Waals surface area (Å²) in [6.07, 6.45) is 2.97. The second-order valence-electron chi connectivity index (χ2n) is 6.49. The number of hydrogen-bond acceptors (Lipinski definition) is 5. The molecule has 1 aliphatic heterocycles. The number of nitrogens with zero attached hydrogens (tertiary/aromatic N) is 2. The van der Waals surface area contributed by atoms with Gasteiger partial charge in [-0.1, -0.05) is 24.8 Å². The summed E-state index contributed by atoms with van der Waals surface area (Å²) < 4.78 is 4.97. The second kappa shape index (κ2) is 7.00. The number of carbonyl (C=O) groups is 3. The van der Waals surface area contributed by atoms with E-state index in [1.54, 1.807) is 24.3 Å². The summed E-state index contributed by atoms with van der Waals surface area (Å²) >= 11 is 0. The van der Waals surface area contributed by atoms with E-state index in [1.165, 1.54) is 4.90 Å². The van der Waals surface area contributed by atoms with Crippen molar-refractivity contribution in [1.29, 1.82) is 5.26 Å². The molecule has 0 unspecified atom stereocenters. The molecule has 1 saturated carbocycles. The highest BCUT2D eigenvalue weighted by Gasteiger charge is 2.36. The highest BCUT2D eigenvalue weighted by atomic mass is 16.5. The number of nitrogens with one attached hydrogen (secondary N) is 1. The molecular formula is C19H19N3O4. The van der Waals surface area contributed by atoms with E-state index in [-0.39, 0.29) is 12.5 Å². The minimum absolute atomic E-state index is 0.316. The first-order valence-corrected chi connectivity index (χ1v) is 8.44. The Labute approximate surface area is 151 Å². The standard InChI is InChI=1S/C19H19N3O4/c1-13-14-6-2-3-7-15(14)18(25)22(13)10-17(24)26-11-16(23)21-19(12-20)8-4-5-9-19/h2-3,6-7H,1,4-5,8-11H2,(H,21,23).